The zero-order valence-corrected chi connectivity index (χ0v) is 13.6. The number of aliphatic imine (C=N–C) groups is 1. The number of carbonyl (C=O) groups is 1. The molecule has 0 spiro atoms. The van der Waals surface area contributed by atoms with Gasteiger partial charge in [0.25, 0.3) is 0 Å². The van der Waals surface area contributed by atoms with Crippen LogP contribution >= 0.6 is 47.8 Å². The average Bonchev–Trinajstić information content (AvgIpc) is 2.31. The van der Waals surface area contributed by atoms with Gasteiger partial charge in [-0.05, 0) is 78.2 Å². The molecule has 2 rings (SSSR count). The summed E-state index contributed by atoms with van der Waals surface area (Å²) in [5, 5.41) is 9.59. The number of aromatic hydroxyl groups is 1. The van der Waals surface area contributed by atoms with Gasteiger partial charge >= 0.3 is 0 Å². The molecule has 0 heterocycles. The molecule has 0 saturated carbocycles. The smallest absolute Gasteiger partial charge is 0.192 e. The Morgan fingerprint density at radius 3 is 2.22 bits per heavy atom. The Morgan fingerprint density at radius 1 is 1.06 bits per heavy atom. The minimum Gasteiger partial charge on any atom is -0.506 e. The summed E-state index contributed by atoms with van der Waals surface area (Å²) in [6, 6.07) is 3.39. The van der Waals surface area contributed by atoms with Gasteiger partial charge in [-0.2, -0.15) is 0 Å². The quantitative estimate of drug-likeness (QED) is 0.664. The van der Waals surface area contributed by atoms with E-state index in [0.717, 1.165) is 0 Å². The Bertz CT molecular complexity index is 595. The van der Waals surface area contributed by atoms with E-state index in [1.54, 1.807) is 24.3 Å². The predicted octanol–water partition coefficient (Wildman–Crippen LogP) is 4.41. The maximum absolute atomic E-state index is 11.2. The Morgan fingerprint density at radius 2 is 1.67 bits per heavy atom. The van der Waals surface area contributed by atoms with E-state index < -0.39 is 0 Å². The monoisotopic (exact) mass is 433 g/mol. The van der Waals surface area contributed by atoms with Crippen molar-refractivity contribution >= 4 is 65.0 Å². The van der Waals surface area contributed by atoms with Crippen molar-refractivity contribution in [3.8, 4) is 5.75 Å². The van der Waals surface area contributed by atoms with Gasteiger partial charge in [-0.15, -0.1) is 0 Å². The van der Waals surface area contributed by atoms with Crippen LogP contribution in [0, 0.1) is 0 Å². The molecule has 0 saturated heterocycles. The van der Waals surface area contributed by atoms with Gasteiger partial charge in [0.2, 0.25) is 0 Å². The van der Waals surface area contributed by atoms with Crippen LogP contribution in [0.2, 0.25) is 0 Å². The van der Waals surface area contributed by atoms with Gasteiger partial charge in [-0.25, -0.2) is 4.99 Å². The fourth-order valence-electron chi connectivity index (χ4n) is 1.33. The summed E-state index contributed by atoms with van der Waals surface area (Å²) in [7, 11) is 0. The van der Waals surface area contributed by atoms with Crippen molar-refractivity contribution in [2.45, 2.75) is 0 Å². The minimum atomic E-state index is -0.0815. The maximum atomic E-state index is 11.2. The average molecular weight is 436 g/mol. The number of hydrogen-bond acceptors (Lipinski definition) is 3. The molecule has 0 aromatic heterocycles. The Balaban J connectivity index is 2.41. The molecule has 1 aliphatic rings. The van der Waals surface area contributed by atoms with Gasteiger partial charge < -0.3 is 5.11 Å². The largest absolute Gasteiger partial charge is 0.506 e. The summed E-state index contributed by atoms with van der Waals surface area (Å²) in [6.45, 7) is 0. The first-order valence-corrected chi connectivity index (χ1v) is 7.21. The van der Waals surface area contributed by atoms with E-state index in [9.17, 15) is 9.90 Å². The number of carbonyl (C=O) groups excluding carboxylic acids is 1. The highest BCUT2D eigenvalue weighted by atomic mass is 79.9. The molecule has 0 amide bonds. The third kappa shape index (κ3) is 2.99. The molecule has 1 aromatic carbocycles. The number of phenolic OH excluding ortho intramolecular Hbond substituents is 1. The molecule has 0 atom stereocenters. The molecular formula is C12H6Br3NO2. The van der Waals surface area contributed by atoms with E-state index in [4.69, 9.17) is 0 Å². The van der Waals surface area contributed by atoms with Crippen LogP contribution in [0.5, 0.6) is 5.75 Å². The summed E-state index contributed by atoms with van der Waals surface area (Å²) in [6.07, 6.45) is 4.74. The SMILES string of the molecule is O=C1C=CC(=Nc2cc(Br)c(O)c(Br)c2)C=C1Br. The van der Waals surface area contributed by atoms with E-state index in [0.29, 0.717) is 24.8 Å². The second kappa shape index (κ2) is 5.50. The van der Waals surface area contributed by atoms with Crippen molar-refractivity contribution in [3.05, 3.63) is 43.8 Å². The van der Waals surface area contributed by atoms with Crippen molar-refractivity contribution in [2.24, 2.45) is 4.99 Å². The number of halogens is 3. The van der Waals surface area contributed by atoms with Gasteiger partial charge in [0.05, 0.1) is 24.8 Å². The summed E-state index contributed by atoms with van der Waals surface area (Å²) in [5.74, 6) is 0.0482. The second-order valence-electron chi connectivity index (χ2n) is 3.48. The van der Waals surface area contributed by atoms with E-state index in [1.165, 1.54) is 6.08 Å². The molecule has 0 bridgehead atoms. The minimum absolute atomic E-state index is 0.0815. The molecule has 0 radical (unpaired) electrons. The van der Waals surface area contributed by atoms with E-state index in [1.807, 2.05) is 0 Å². The topological polar surface area (TPSA) is 49.7 Å². The lowest BCUT2D eigenvalue weighted by atomic mass is 10.1. The summed E-state index contributed by atoms with van der Waals surface area (Å²) >= 11 is 9.64. The summed E-state index contributed by atoms with van der Waals surface area (Å²) in [4.78, 5) is 15.6. The van der Waals surface area contributed by atoms with Crippen LogP contribution in [0.25, 0.3) is 0 Å². The van der Waals surface area contributed by atoms with Crippen LogP contribution in [-0.4, -0.2) is 16.6 Å². The van der Waals surface area contributed by atoms with Crippen LogP contribution in [0.15, 0.2) is 48.8 Å². The van der Waals surface area contributed by atoms with E-state index in [2.05, 4.69) is 52.8 Å². The van der Waals surface area contributed by atoms with Crippen LogP contribution in [0.4, 0.5) is 5.69 Å². The molecule has 1 aliphatic carbocycles. The first-order chi connectivity index (χ1) is 8.47. The Kier molecular flexibility index (Phi) is 4.19. The molecule has 0 fully saturated rings. The van der Waals surface area contributed by atoms with Gasteiger partial charge in [0.15, 0.2) is 5.78 Å². The number of allylic oxidation sites excluding steroid dienone is 4. The standard InChI is InChI=1S/C12H6Br3NO2/c13-8-3-6(1-2-11(8)17)16-7-4-9(14)12(18)10(15)5-7/h1-5,18H. The highest BCUT2D eigenvalue weighted by Crippen LogP contribution is 2.36. The van der Waals surface area contributed by atoms with Gasteiger partial charge in [-0.3, -0.25) is 4.79 Å². The molecule has 92 valence electrons. The molecule has 18 heavy (non-hydrogen) atoms. The number of benzene rings is 1. The van der Waals surface area contributed by atoms with Crippen molar-refractivity contribution in [3.63, 3.8) is 0 Å². The van der Waals surface area contributed by atoms with E-state index in [-0.39, 0.29) is 11.5 Å². The Hall–Kier alpha value is -0.720. The lowest BCUT2D eigenvalue weighted by molar-refractivity contribution is -0.110. The number of phenols is 1. The van der Waals surface area contributed by atoms with Gasteiger partial charge in [0, 0.05) is 0 Å². The normalized spacial score (nSPS) is 17.2. The second-order valence-corrected chi connectivity index (χ2v) is 6.05. The zero-order valence-electron chi connectivity index (χ0n) is 8.82. The van der Waals surface area contributed by atoms with Gasteiger partial charge in [-0.1, -0.05) is 0 Å². The molecule has 3 nitrogen and oxygen atoms in total. The molecule has 1 aromatic rings. The third-order valence-electron chi connectivity index (χ3n) is 2.18. The highest BCUT2D eigenvalue weighted by Gasteiger charge is 2.10. The molecule has 0 aliphatic heterocycles. The number of ketones is 1. The molecular weight excluding hydrogens is 430 g/mol. The summed E-state index contributed by atoms with van der Waals surface area (Å²) in [5.41, 5.74) is 1.32. The van der Waals surface area contributed by atoms with Crippen molar-refractivity contribution in [1.29, 1.82) is 0 Å². The van der Waals surface area contributed by atoms with Gasteiger partial charge in [0.1, 0.15) is 5.75 Å². The van der Waals surface area contributed by atoms with E-state index >= 15 is 0 Å². The van der Waals surface area contributed by atoms with Crippen LogP contribution in [-0.2, 0) is 4.79 Å². The number of nitrogens with zero attached hydrogens (tertiary/aromatic N) is 1. The van der Waals surface area contributed by atoms with Crippen molar-refractivity contribution in [2.75, 3.05) is 0 Å². The van der Waals surface area contributed by atoms with Crippen LogP contribution < -0.4 is 0 Å². The maximum Gasteiger partial charge on any atom is 0.192 e. The Labute approximate surface area is 129 Å². The van der Waals surface area contributed by atoms with Crippen LogP contribution in [0.3, 0.4) is 0 Å². The summed E-state index contributed by atoms with van der Waals surface area (Å²) < 4.78 is 1.57. The fraction of sp³-hybridized carbons (Fsp3) is 0. The first-order valence-electron chi connectivity index (χ1n) is 4.83. The molecule has 0 unspecified atom stereocenters. The number of rotatable bonds is 1. The predicted molar refractivity (Wildman–Crippen MR) is 81.8 cm³/mol. The lowest BCUT2D eigenvalue weighted by Gasteiger charge is -2.05. The first kappa shape index (κ1) is 13.7. The molecule has 1 N–H and O–H groups in total. The fourth-order valence-corrected chi connectivity index (χ4v) is 2.85. The van der Waals surface area contributed by atoms with Crippen molar-refractivity contribution in [1.82, 2.24) is 0 Å². The molecule has 6 heteroatoms. The lowest BCUT2D eigenvalue weighted by Crippen LogP contribution is -2.02. The zero-order chi connectivity index (χ0) is 13.3. The third-order valence-corrected chi connectivity index (χ3v) is 4.00. The van der Waals surface area contributed by atoms with Crippen LogP contribution in [0.1, 0.15) is 0 Å². The number of hydrogen-bond donors (Lipinski definition) is 1. The highest BCUT2D eigenvalue weighted by molar-refractivity contribution is 9.12. The van der Waals surface area contributed by atoms with Crippen molar-refractivity contribution < 1.29 is 9.90 Å².